The quantitative estimate of drug-likeness (QED) is 0.700. The average molecular weight is 367 g/mol. The molecule has 27 heavy (non-hydrogen) atoms. The number of anilines is 1. The molecule has 0 aliphatic carbocycles. The fourth-order valence-corrected chi connectivity index (χ4v) is 2.99. The third kappa shape index (κ3) is 3.92. The van der Waals surface area contributed by atoms with Crippen LogP contribution in [0.3, 0.4) is 0 Å². The van der Waals surface area contributed by atoms with Crippen LogP contribution in [0.25, 0.3) is 11.1 Å². The number of fused-ring (bicyclic) bond motifs is 1. The number of para-hydroxylation sites is 2. The first-order chi connectivity index (χ1) is 13.0. The molecule has 3 aromatic rings. The highest BCUT2D eigenvalue weighted by Crippen LogP contribution is 2.19. The second kappa shape index (κ2) is 7.90. The molecule has 7 heteroatoms. The van der Waals surface area contributed by atoms with Crippen molar-refractivity contribution in [2.24, 2.45) is 0 Å². The molecular weight excluding hydrogens is 346 g/mol. The van der Waals surface area contributed by atoms with Crippen LogP contribution in [0.2, 0.25) is 0 Å². The van der Waals surface area contributed by atoms with Crippen LogP contribution < -0.4 is 16.4 Å². The van der Waals surface area contributed by atoms with Crippen molar-refractivity contribution in [3.05, 3.63) is 64.1 Å². The van der Waals surface area contributed by atoms with Gasteiger partial charge in [-0.25, -0.2) is 4.79 Å². The fourth-order valence-electron chi connectivity index (χ4n) is 2.99. The van der Waals surface area contributed by atoms with Gasteiger partial charge in [-0.05, 0) is 43.2 Å². The first-order valence-electron chi connectivity index (χ1n) is 8.71. The van der Waals surface area contributed by atoms with E-state index in [4.69, 9.17) is 4.42 Å². The molecule has 0 spiro atoms. The van der Waals surface area contributed by atoms with Gasteiger partial charge in [0, 0.05) is 31.3 Å². The van der Waals surface area contributed by atoms with Crippen LogP contribution in [0.5, 0.6) is 0 Å². The first kappa shape index (κ1) is 18.4. The zero-order valence-corrected chi connectivity index (χ0v) is 15.2. The molecular formula is C20H21N3O4. The second-order valence-electron chi connectivity index (χ2n) is 6.20. The van der Waals surface area contributed by atoms with E-state index >= 15 is 0 Å². The van der Waals surface area contributed by atoms with E-state index in [0.29, 0.717) is 35.4 Å². The summed E-state index contributed by atoms with van der Waals surface area (Å²) in [4.78, 5) is 36.1. The van der Waals surface area contributed by atoms with Crippen molar-refractivity contribution in [3.63, 3.8) is 0 Å². The number of oxazole rings is 1. The molecule has 2 aromatic carbocycles. The van der Waals surface area contributed by atoms with Gasteiger partial charge in [-0.2, -0.15) is 0 Å². The minimum atomic E-state index is -0.425. The van der Waals surface area contributed by atoms with E-state index in [-0.39, 0.29) is 18.2 Å². The molecule has 0 unspecified atom stereocenters. The van der Waals surface area contributed by atoms with Crippen LogP contribution in [0.15, 0.2) is 51.7 Å². The van der Waals surface area contributed by atoms with Crippen LogP contribution in [0, 0.1) is 6.92 Å². The van der Waals surface area contributed by atoms with Gasteiger partial charge in [0.2, 0.25) is 5.91 Å². The van der Waals surface area contributed by atoms with Crippen LogP contribution in [-0.2, 0) is 11.3 Å². The molecule has 0 saturated heterocycles. The van der Waals surface area contributed by atoms with E-state index < -0.39 is 5.76 Å². The van der Waals surface area contributed by atoms with Crippen LogP contribution >= 0.6 is 0 Å². The Kier molecular flexibility index (Phi) is 5.40. The van der Waals surface area contributed by atoms with Crippen molar-refractivity contribution < 1.29 is 14.0 Å². The summed E-state index contributed by atoms with van der Waals surface area (Å²) in [6.07, 6.45) is 0.735. The monoisotopic (exact) mass is 367 g/mol. The molecule has 0 saturated carbocycles. The summed E-state index contributed by atoms with van der Waals surface area (Å²) in [6.45, 7) is 2.18. The van der Waals surface area contributed by atoms with E-state index in [1.54, 1.807) is 44.3 Å². The topological polar surface area (TPSA) is 93.3 Å². The van der Waals surface area contributed by atoms with Gasteiger partial charge in [-0.3, -0.25) is 14.2 Å². The summed E-state index contributed by atoms with van der Waals surface area (Å²) in [6, 6.07) is 12.4. The Balaban J connectivity index is 1.63. The number of rotatable bonds is 6. The summed E-state index contributed by atoms with van der Waals surface area (Å²) in [5, 5.41) is 5.41. The molecule has 7 nitrogen and oxygen atoms in total. The van der Waals surface area contributed by atoms with Gasteiger partial charge in [0.15, 0.2) is 5.58 Å². The molecule has 0 aliphatic rings. The smallest absolute Gasteiger partial charge is 0.408 e. The van der Waals surface area contributed by atoms with E-state index in [0.717, 1.165) is 5.52 Å². The molecule has 3 rings (SSSR count). The summed E-state index contributed by atoms with van der Waals surface area (Å²) >= 11 is 0. The predicted molar refractivity (Wildman–Crippen MR) is 103 cm³/mol. The number of carbonyl (C=O) groups is 2. The number of hydrogen-bond donors (Lipinski definition) is 2. The van der Waals surface area contributed by atoms with Gasteiger partial charge in [-0.1, -0.05) is 18.2 Å². The van der Waals surface area contributed by atoms with E-state index in [9.17, 15) is 14.4 Å². The van der Waals surface area contributed by atoms with Gasteiger partial charge in [-0.15, -0.1) is 0 Å². The fraction of sp³-hybridized carbons (Fsp3) is 0.250. The third-order valence-corrected chi connectivity index (χ3v) is 4.44. The maximum atomic E-state index is 12.3. The Morgan fingerprint density at radius 3 is 2.67 bits per heavy atom. The molecule has 0 bridgehead atoms. The van der Waals surface area contributed by atoms with Crippen LogP contribution in [-0.4, -0.2) is 23.4 Å². The molecule has 1 aromatic heterocycles. The Morgan fingerprint density at radius 2 is 1.89 bits per heavy atom. The maximum Gasteiger partial charge on any atom is 0.419 e. The van der Waals surface area contributed by atoms with Crippen molar-refractivity contribution in [2.75, 3.05) is 12.4 Å². The number of aromatic nitrogens is 1. The number of hydrogen-bond acceptors (Lipinski definition) is 4. The molecule has 1 heterocycles. The highest BCUT2D eigenvalue weighted by Gasteiger charge is 2.13. The zero-order chi connectivity index (χ0) is 19.4. The summed E-state index contributed by atoms with van der Waals surface area (Å²) in [5.41, 5.74) is 3.09. The number of benzene rings is 2. The van der Waals surface area contributed by atoms with Crippen molar-refractivity contribution in [3.8, 4) is 0 Å². The Labute approximate surface area is 156 Å². The zero-order valence-electron chi connectivity index (χ0n) is 15.2. The summed E-state index contributed by atoms with van der Waals surface area (Å²) < 4.78 is 6.71. The first-order valence-corrected chi connectivity index (χ1v) is 8.71. The second-order valence-corrected chi connectivity index (χ2v) is 6.20. The Morgan fingerprint density at radius 1 is 1.11 bits per heavy atom. The molecule has 0 radical (unpaired) electrons. The lowest BCUT2D eigenvalue weighted by Gasteiger charge is -2.12. The number of nitrogens with one attached hydrogen (secondary N) is 2. The van der Waals surface area contributed by atoms with Gasteiger partial charge < -0.3 is 15.1 Å². The van der Waals surface area contributed by atoms with E-state index in [1.807, 2.05) is 12.1 Å². The summed E-state index contributed by atoms with van der Waals surface area (Å²) in [5.74, 6) is -0.798. The largest absolute Gasteiger partial charge is 0.419 e. The lowest BCUT2D eigenvalue weighted by Crippen LogP contribution is -2.20. The molecule has 2 N–H and O–H groups in total. The minimum Gasteiger partial charge on any atom is -0.408 e. The van der Waals surface area contributed by atoms with Crippen molar-refractivity contribution in [1.29, 1.82) is 0 Å². The lowest BCUT2D eigenvalue weighted by molar-refractivity contribution is -0.116. The maximum absolute atomic E-state index is 12.3. The van der Waals surface area contributed by atoms with Gasteiger partial charge >= 0.3 is 5.76 Å². The Hall–Kier alpha value is -3.35. The van der Waals surface area contributed by atoms with Crippen LogP contribution in [0.1, 0.15) is 28.8 Å². The highest BCUT2D eigenvalue weighted by atomic mass is 16.4. The third-order valence-electron chi connectivity index (χ3n) is 4.44. The molecule has 0 atom stereocenters. The molecule has 2 amide bonds. The van der Waals surface area contributed by atoms with E-state index in [1.165, 1.54) is 4.57 Å². The molecule has 0 fully saturated rings. The van der Waals surface area contributed by atoms with Crippen molar-refractivity contribution in [2.45, 2.75) is 26.3 Å². The number of amides is 2. The lowest BCUT2D eigenvalue weighted by atomic mass is 10.1. The van der Waals surface area contributed by atoms with Gasteiger partial charge in [0.1, 0.15) is 0 Å². The standard InChI is InChI=1S/C20H21N3O4/c1-13-14(19(25)21-2)7-5-8-15(13)22-18(24)11-6-12-23-16-9-3-4-10-17(16)27-20(23)26/h3-5,7-10H,6,11-12H2,1-2H3,(H,21,25)(H,22,24). The number of nitrogens with zero attached hydrogens (tertiary/aromatic N) is 1. The predicted octanol–water partition coefficient (Wildman–Crippen LogP) is 2.68. The van der Waals surface area contributed by atoms with Gasteiger partial charge in [0.05, 0.1) is 5.52 Å². The average Bonchev–Trinajstić information content (AvgIpc) is 2.98. The molecule has 140 valence electrons. The van der Waals surface area contributed by atoms with Crippen molar-refractivity contribution >= 4 is 28.6 Å². The summed E-state index contributed by atoms with van der Waals surface area (Å²) in [7, 11) is 1.56. The van der Waals surface area contributed by atoms with Crippen LogP contribution in [0.4, 0.5) is 5.69 Å². The Bertz CT molecular complexity index is 1050. The molecule has 0 aliphatic heterocycles. The SMILES string of the molecule is CNC(=O)c1cccc(NC(=O)CCCn2c(=O)oc3ccccc32)c1C. The van der Waals surface area contributed by atoms with Crippen molar-refractivity contribution in [1.82, 2.24) is 9.88 Å². The number of carbonyl (C=O) groups excluding carboxylic acids is 2. The highest BCUT2D eigenvalue weighted by molar-refractivity contribution is 5.99. The normalized spacial score (nSPS) is 10.7. The van der Waals surface area contributed by atoms with Gasteiger partial charge in [0.25, 0.3) is 5.91 Å². The van der Waals surface area contributed by atoms with E-state index in [2.05, 4.69) is 10.6 Å². The minimum absolute atomic E-state index is 0.173. The number of aryl methyl sites for hydroxylation is 1.